The highest BCUT2D eigenvalue weighted by atomic mass is 35.5. The number of rotatable bonds is 4. The Bertz CT molecular complexity index is 503. The number of hydrogen-bond acceptors (Lipinski definition) is 1. The van der Waals surface area contributed by atoms with E-state index in [0.717, 1.165) is 23.7 Å². The molecule has 0 aromatic heterocycles. The minimum absolute atomic E-state index is 0.636. The zero-order valence-corrected chi connectivity index (χ0v) is 11.9. The summed E-state index contributed by atoms with van der Waals surface area (Å²) < 4.78 is 0. The van der Waals surface area contributed by atoms with Gasteiger partial charge in [-0.25, -0.2) is 0 Å². The second-order valence-electron chi connectivity index (χ2n) is 3.96. The molecule has 0 radical (unpaired) electrons. The summed E-state index contributed by atoms with van der Waals surface area (Å²) in [5.41, 5.74) is 2.17. The average Bonchev–Trinajstić information content (AvgIpc) is 2.30. The van der Waals surface area contributed by atoms with Crippen molar-refractivity contribution >= 4 is 40.5 Å². The minimum atomic E-state index is 0.636. The van der Waals surface area contributed by atoms with Gasteiger partial charge in [0.05, 0.1) is 0 Å². The van der Waals surface area contributed by atoms with Crippen molar-refractivity contribution in [2.75, 3.05) is 11.9 Å². The summed E-state index contributed by atoms with van der Waals surface area (Å²) in [6, 6.07) is 13.3. The van der Waals surface area contributed by atoms with Gasteiger partial charge in [0, 0.05) is 27.3 Å². The van der Waals surface area contributed by atoms with Gasteiger partial charge in [0.15, 0.2) is 0 Å². The van der Waals surface area contributed by atoms with Gasteiger partial charge < -0.3 is 5.32 Å². The third kappa shape index (κ3) is 4.09. The van der Waals surface area contributed by atoms with Crippen molar-refractivity contribution in [1.82, 2.24) is 0 Å². The molecule has 0 saturated heterocycles. The Hall–Kier alpha value is -0.890. The molecule has 1 nitrogen and oxygen atoms in total. The third-order valence-corrected chi connectivity index (χ3v) is 3.21. The molecule has 0 spiro atoms. The summed E-state index contributed by atoms with van der Waals surface area (Å²) in [6.07, 6.45) is 0.918. The first-order valence-corrected chi connectivity index (χ1v) is 6.71. The summed E-state index contributed by atoms with van der Waals surface area (Å²) in [5, 5.41) is 5.32. The molecule has 0 fully saturated rings. The molecule has 0 aliphatic heterocycles. The molecule has 94 valence electrons. The molecular formula is C14H12Cl3N. The van der Waals surface area contributed by atoms with Crippen LogP contribution in [0, 0.1) is 0 Å². The molecule has 0 aliphatic rings. The van der Waals surface area contributed by atoms with E-state index in [4.69, 9.17) is 34.8 Å². The van der Waals surface area contributed by atoms with E-state index in [1.807, 2.05) is 36.4 Å². The van der Waals surface area contributed by atoms with E-state index in [9.17, 15) is 0 Å². The van der Waals surface area contributed by atoms with Crippen LogP contribution in [0.4, 0.5) is 5.69 Å². The van der Waals surface area contributed by atoms with Crippen LogP contribution in [0.2, 0.25) is 15.1 Å². The highest BCUT2D eigenvalue weighted by Crippen LogP contribution is 2.22. The smallest absolute Gasteiger partial charge is 0.0441 e. The van der Waals surface area contributed by atoms with Crippen LogP contribution in [0.25, 0.3) is 0 Å². The highest BCUT2D eigenvalue weighted by Gasteiger charge is 1.98. The number of hydrogen-bond donors (Lipinski definition) is 1. The predicted molar refractivity (Wildman–Crippen MR) is 80.1 cm³/mol. The van der Waals surface area contributed by atoms with E-state index in [-0.39, 0.29) is 0 Å². The molecule has 0 amide bonds. The van der Waals surface area contributed by atoms with Gasteiger partial charge in [-0.1, -0.05) is 46.9 Å². The van der Waals surface area contributed by atoms with Gasteiger partial charge in [0.2, 0.25) is 0 Å². The molecular weight excluding hydrogens is 289 g/mol. The van der Waals surface area contributed by atoms with Crippen molar-refractivity contribution in [2.24, 2.45) is 0 Å². The Labute approximate surface area is 122 Å². The molecule has 2 aromatic rings. The lowest BCUT2D eigenvalue weighted by molar-refractivity contribution is 1.02. The maximum Gasteiger partial charge on any atom is 0.0441 e. The van der Waals surface area contributed by atoms with Crippen LogP contribution in [0.5, 0.6) is 0 Å². The first-order chi connectivity index (χ1) is 8.63. The fourth-order valence-corrected chi connectivity index (χ4v) is 2.31. The second kappa shape index (κ2) is 6.33. The molecule has 0 unspecified atom stereocenters. The zero-order valence-electron chi connectivity index (χ0n) is 9.59. The molecule has 0 aliphatic carbocycles. The van der Waals surface area contributed by atoms with Crippen molar-refractivity contribution in [2.45, 2.75) is 6.42 Å². The Morgan fingerprint density at radius 2 is 1.39 bits per heavy atom. The number of benzene rings is 2. The molecule has 2 aromatic carbocycles. The quantitative estimate of drug-likeness (QED) is 0.807. The number of halogens is 3. The molecule has 4 heteroatoms. The van der Waals surface area contributed by atoms with Crippen LogP contribution in [0.15, 0.2) is 42.5 Å². The number of anilines is 1. The Kier molecular flexibility index (Phi) is 4.76. The monoisotopic (exact) mass is 299 g/mol. The van der Waals surface area contributed by atoms with Crippen molar-refractivity contribution in [1.29, 1.82) is 0 Å². The molecule has 0 bridgehead atoms. The molecule has 18 heavy (non-hydrogen) atoms. The lowest BCUT2D eigenvalue weighted by atomic mass is 10.1. The standard InChI is InChI=1S/C14H12Cl3N/c15-11-3-1-10(2-4-11)5-6-18-14-8-12(16)7-13(17)9-14/h1-4,7-9,18H,5-6H2. The van der Waals surface area contributed by atoms with Crippen LogP contribution in [0.1, 0.15) is 5.56 Å². The molecule has 0 atom stereocenters. The van der Waals surface area contributed by atoms with Crippen LogP contribution in [-0.4, -0.2) is 6.54 Å². The summed E-state index contributed by atoms with van der Waals surface area (Å²) >= 11 is 17.7. The summed E-state index contributed by atoms with van der Waals surface area (Å²) in [6.45, 7) is 0.818. The number of nitrogens with one attached hydrogen (secondary N) is 1. The lowest BCUT2D eigenvalue weighted by Crippen LogP contribution is -2.04. The van der Waals surface area contributed by atoms with Crippen molar-refractivity contribution in [3.8, 4) is 0 Å². The van der Waals surface area contributed by atoms with E-state index >= 15 is 0 Å². The van der Waals surface area contributed by atoms with Crippen LogP contribution in [0.3, 0.4) is 0 Å². The van der Waals surface area contributed by atoms with Crippen molar-refractivity contribution in [3.63, 3.8) is 0 Å². The van der Waals surface area contributed by atoms with Gasteiger partial charge in [-0.2, -0.15) is 0 Å². The largest absolute Gasteiger partial charge is 0.385 e. The average molecular weight is 301 g/mol. The highest BCUT2D eigenvalue weighted by molar-refractivity contribution is 6.35. The van der Waals surface area contributed by atoms with E-state index in [1.165, 1.54) is 5.56 Å². The normalized spacial score (nSPS) is 10.4. The van der Waals surface area contributed by atoms with E-state index in [1.54, 1.807) is 6.07 Å². The van der Waals surface area contributed by atoms with Gasteiger partial charge in [0.25, 0.3) is 0 Å². The third-order valence-electron chi connectivity index (χ3n) is 2.52. The van der Waals surface area contributed by atoms with Crippen LogP contribution < -0.4 is 5.32 Å². The molecule has 0 saturated carbocycles. The Morgan fingerprint density at radius 1 is 0.778 bits per heavy atom. The van der Waals surface area contributed by atoms with Gasteiger partial charge in [0.1, 0.15) is 0 Å². The summed E-state index contributed by atoms with van der Waals surface area (Å²) in [7, 11) is 0. The topological polar surface area (TPSA) is 12.0 Å². The van der Waals surface area contributed by atoms with Crippen LogP contribution in [-0.2, 0) is 6.42 Å². The van der Waals surface area contributed by atoms with Crippen molar-refractivity contribution in [3.05, 3.63) is 63.1 Å². The maximum atomic E-state index is 5.92. The fourth-order valence-electron chi connectivity index (χ4n) is 1.66. The Balaban J connectivity index is 1.90. The maximum absolute atomic E-state index is 5.92. The summed E-state index contributed by atoms with van der Waals surface area (Å²) in [4.78, 5) is 0. The Morgan fingerprint density at radius 3 is 2.00 bits per heavy atom. The van der Waals surface area contributed by atoms with E-state index in [2.05, 4.69) is 5.32 Å². The first-order valence-electron chi connectivity index (χ1n) is 5.58. The van der Waals surface area contributed by atoms with E-state index < -0.39 is 0 Å². The van der Waals surface area contributed by atoms with Crippen molar-refractivity contribution < 1.29 is 0 Å². The predicted octanol–water partition coefficient (Wildman–Crippen LogP) is 5.30. The van der Waals surface area contributed by atoms with Gasteiger partial charge in [-0.15, -0.1) is 0 Å². The molecule has 2 rings (SSSR count). The lowest BCUT2D eigenvalue weighted by Gasteiger charge is -2.07. The SMILES string of the molecule is Clc1ccc(CCNc2cc(Cl)cc(Cl)c2)cc1. The first kappa shape index (κ1) is 13.5. The van der Waals surface area contributed by atoms with Gasteiger partial charge in [-0.05, 0) is 42.3 Å². The van der Waals surface area contributed by atoms with Crippen LogP contribution >= 0.6 is 34.8 Å². The summed E-state index contributed by atoms with van der Waals surface area (Å²) in [5.74, 6) is 0. The second-order valence-corrected chi connectivity index (χ2v) is 5.27. The van der Waals surface area contributed by atoms with Gasteiger partial charge >= 0.3 is 0 Å². The molecule has 1 N–H and O–H groups in total. The van der Waals surface area contributed by atoms with E-state index in [0.29, 0.717) is 10.0 Å². The van der Waals surface area contributed by atoms with Gasteiger partial charge in [-0.3, -0.25) is 0 Å². The molecule has 0 heterocycles. The zero-order chi connectivity index (χ0) is 13.0. The minimum Gasteiger partial charge on any atom is -0.385 e. The fraction of sp³-hybridized carbons (Fsp3) is 0.143.